The van der Waals surface area contributed by atoms with Gasteiger partial charge in [0, 0.05) is 27.4 Å². The molecule has 58 heavy (non-hydrogen) atoms. The smallest absolute Gasteiger partial charge is 0.164 e. The SMILES string of the molecule is CP(C)(=O)c1cccc(-c2ccc(C3(c4ccc(-c5nc(-c6ccc(-c7ccccc7)cc6)nc(-c6ccc(-c7ccccc7)cc6)n5)cc4)CCCCC3)cc2)c1. The van der Waals surface area contributed by atoms with E-state index in [2.05, 4.69) is 158 Å². The van der Waals surface area contributed by atoms with E-state index in [1.54, 1.807) is 0 Å². The molecule has 284 valence electrons. The maximum Gasteiger partial charge on any atom is 0.164 e. The lowest BCUT2D eigenvalue weighted by Gasteiger charge is -2.39. The highest BCUT2D eigenvalue weighted by atomic mass is 31.2. The third-order valence-electron chi connectivity index (χ3n) is 11.8. The molecule has 0 N–H and O–H groups in total. The Morgan fingerprint density at radius 3 is 1.16 bits per heavy atom. The van der Waals surface area contributed by atoms with Crippen molar-refractivity contribution in [3.63, 3.8) is 0 Å². The molecule has 0 amide bonds. The third kappa shape index (κ3) is 7.73. The Labute approximate surface area is 342 Å². The predicted molar refractivity (Wildman–Crippen MR) is 242 cm³/mol. The molecule has 7 aromatic carbocycles. The van der Waals surface area contributed by atoms with Crippen molar-refractivity contribution in [1.29, 1.82) is 0 Å². The first kappa shape index (κ1) is 37.4. The second kappa shape index (κ2) is 16.0. The number of nitrogens with zero attached hydrogens (tertiary/aromatic N) is 3. The topological polar surface area (TPSA) is 55.7 Å². The van der Waals surface area contributed by atoms with Crippen LogP contribution in [0.15, 0.2) is 182 Å². The summed E-state index contributed by atoms with van der Waals surface area (Å²) in [6.07, 6.45) is 5.86. The minimum Gasteiger partial charge on any atom is -0.319 e. The molecular formula is C53H46N3OP. The number of benzene rings is 7. The van der Waals surface area contributed by atoms with Crippen LogP contribution in [0.1, 0.15) is 43.2 Å². The van der Waals surface area contributed by atoms with Gasteiger partial charge >= 0.3 is 0 Å². The summed E-state index contributed by atoms with van der Waals surface area (Å²) >= 11 is 0. The van der Waals surface area contributed by atoms with Crippen LogP contribution >= 0.6 is 7.14 Å². The maximum atomic E-state index is 12.8. The van der Waals surface area contributed by atoms with E-state index in [1.807, 2.05) is 37.6 Å². The van der Waals surface area contributed by atoms with Gasteiger partial charge in [-0.25, -0.2) is 15.0 Å². The molecule has 0 spiro atoms. The van der Waals surface area contributed by atoms with Gasteiger partial charge in [0.1, 0.15) is 7.14 Å². The molecule has 1 heterocycles. The average Bonchev–Trinajstić information content (AvgIpc) is 3.30. The lowest BCUT2D eigenvalue weighted by Crippen LogP contribution is -2.30. The monoisotopic (exact) mass is 771 g/mol. The summed E-state index contributed by atoms with van der Waals surface area (Å²) in [5, 5.41) is 0.914. The van der Waals surface area contributed by atoms with E-state index in [-0.39, 0.29) is 5.41 Å². The van der Waals surface area contributed by atoms with E-state index in [9.17, 15) is 4.57 Å². The van der Waals surface area contributed by atoms with Crippen LogP contribution in [0, 0.1) is 0 Å². The predicted octanol–water partition coefficient (Wildman–Crippen LogP) is 13.4. The van der Waals surface area contributed by atoms with Crippen molar-refractivity contribution in [1.82, 2.24) is 15.0 Å². The van der Waals surface area contributed by atoms with Crippen LogP contribution in [0.2, 0.25) is 0 Å². The summed E-state index contributed by atoms with van der Waals surface area (Å²) in [5.41, 5.74) is 12.3. The van der Waals surface area contributed by atoms with Gasteiger partial charge < -0.3 is 4.57 Å². The van der Waals surface area contributed by atoms with Gasteiger partial charge in [0.15, 0.2) is 17.5 Å². The molecule has 1 saturated carbocycles. The molecule has 1 aromatic heterocycles. The standard InChI is InChI=1S/C53H46N3OP/c1-58(2,57)49-18-12-17-46(37-49)42-27-31-47(32-28-42)53(35-10-5-11-36-53)48-33-29-45(30-34-48)52-55-50(43-23-19-40(20-24-43)38-13-6-3-7-14-38)54-51(56-52)44-25-21-41(22-26-44)39-15-8-4-9-16-39/h3-4,6-9,12-34,37H,5,10-11,35-36H2,1-2H3. The van der Waals surface area contributed by atoms with Gasteiger partial charge in [-0.1, -0.05) is 195 Å². The fourth-order valence-electron chi connectivity index (χ4n) is 8.49. The minimum absolute atomic E-state index is 0.0733. The van der Waals surface area contributed by atoms with Crippen LogP contribution in [-0.4, -0.2) is 28.3 Å². The Bertz CT molecular complexity index is 2600. The summed E-state index contributed by atoms with van der Waals surface area (Å²) in [6.45, 7) is 3.67. The Hall–Kier alpha value is -6.22. The lowest BCUT2D eigenvalue weighted by atomic mass is 9.65. The first-order valence-corrected chi connectivity index (χ1v) is 22.9. The molecule has 1 aliphatic rings. The van der Waals surface area contributed by atoms with Gasteiger partial charge in [-0.05, 0) is 76.7 Å². The molecule has 0 atom stereocenters. The zero-order valence-corrected chi connectivity index (χ0v) is 33.9. The fourth-order valence-corrected chi connectivity index (χ4v) is 9.38. The van der Waals surface area contributed by atoms with Gasteiger partial charge in [-0.2, -0.15) is 0 Å². The van der Waals surface area contributed by atoms with Crippen molar-refractivity contribution in [3.05, 3.63) is 193 Å². The van der Waals surface area contributed by atoms with Crippen LogP contribution in [-0.2, 0) is 9.98 Å². The summed E-state index contributed by atoms with van der Waals surface area (Å²) in [4.78, 5) is 15.3. The Morgan fingerprint density at radius 2 is 0.724 bits per heavy atom. The van der Waals surface area contributed by atoms with Crippen molar-refractivity contribution in [2.24, 2.45) is 0 Å². The van der Waals surface area contributed by atoms with Gasteiger partial charge in [-0.15, -0.1) is 0 Å². The average molecular weight is 772 g/mol. The molecule has 1 aliphatic carbocycles. The van der Waals surface area contributed by atoms with Crippen molar-refractivity contribution in [2.45, 2.75) is 37.5 Å². The Morgan fingerprint density at radius 1 is 0.379 bits per heavy atom. The number of rotatable bonds is 9. The van der Waals surface area contributed by atoms with Gasteiger partial charge in [0.2, 0.25) is 0 Å². The number of aromatic nitrogens is 3. The molecular weight excluding hydrogens is 726 g/mol. The molecule has 9 rings (SSSR count). The molecule has 1 fully saturated rings. The van der Waals surface area contributed by atoms with Crippen LogP contribution in [0.5, 0.6) is 0 Å². The van der Waals surface area contributed by atoms with Crippen molar-refractivity contribution >= 4 is 12.4 Å². The largest absolute Gasteiger partial charge is 0.319 e. The number of hydrogen-bond donors (Lipinski definition) is 0. The molecule has 0 saturated heterocycles. The zero-order chi connectivity index (χ0) is 39.5. The van der Waals surface area contributed by atoms with Crippen molar-refractivity contribution in [2.75, 3.05) is 13.3 Å². The highest BCUT2D eigenvalue weighted by Crippen LogP contribution is 2.46. The molecule has 4 nitrogen and oxygen atoms in total. The molecule has 0 bridgehead atoms. The van der Waals surface area contributed by atoms with Crippen molar-refractivity contribution < 1.29 is 4.57 Å². The molecule has 8 aromatic rings. The normalized spacial score (nSPS) is 13.9. The van der Waals surface area contributed by atoms with Crippen LogP contribution in [0.3, 0.4) is 0 Å². The van der Waals surface area contributed by atoms with E-state index in [0.29, 0.717) is 17.5 Å². The van der Waals surface area contributed by atoms with Crippen LogP contribution in [0.4, 0.5) is 0 Å². The lowest BCUT2D eigenvalue weighted by molar-refractivity contribution is 0.346. The third-order valence-corrected chi connectivity index (χ3v) is 13.3. The second-order valence-corrected chi connectivity index (χ2v) is 19.1. The Kier molecular flexibility index (Phi) is 10.3. The molecule has 0 unspecified atom stereocenters. The van der Waals surface area contributed by atoms with Crippen LogP contribution in [0.25, 0.3) is 67.5 Å². The number of hydrogen-bond acceptors (Lipinski definition) is 4. The minimum atomic E-state index is -2.35. The second-order valence-electron chi connectivity index (χ2n) is 15.9. The van der Waals surface area contributed by atoms with E-state index in [1.165, 1.54) is 41.5 Å². The fraction of sp³-hybridized carbons (Fsp3) is 0.151. The summed E-state index contributed by atoms with van der Waals surface area (Å²) in [5.74, 6) is 1.94. The molecule has 0 radical (unpaired) electrons. The maximum absolute atomic E-state index is 12.8. The Balaban J connectivity index is 1.07. The van der Waals surface area contributed by atoms with E-state index < -0.39 is 7.14 Å². The van der Waals surface area contributed by atoms with Gasteiger partial charge in [0.05, 0.1) is 0 Å². The van der Waals surface area contributed by atoms with E-state index >= 15 is 0 Å². The highest BCUT2D eigenvalue weighted by molar-refractivity contribution is 7.70. The first-order valence-electron chi connectivity index (χ1n) is 20.3. The molecule has 0 aliphatic heterocycles. The summed E-state index contributed by atoms with van der Waals surface area (Å²) < 4.78 is 12.8. The quantitative estimate of drug-likeness (QED) is 0.137. The van der Waals surface area contributed by atoms with Gasteiger partial charge in [0.25, 0.3) is 0 Å². The van der Waals surface area contributed by atoms with Gasteiger partial charge in [-0.3, -0.25) is 0 Å². The summed E-state index contributed by atoms with van der Waals surface area (Å²) in [6, 6.07) is 64.1. The van der Waals surface area contributed by atoms with E-state index in [0.717, 1.165) is 57.1 Å². The summed E-state index contributed by atoms with van der Waals surface area (Å²) in [7, 11) is -2.35. The first-order chi connectivity index (χ1) is 28.3. The zero-order valence-electron chi connectivity index (χ0n) is 33.1. The van der Waals surface area contributed by atoms with Crippen molar-refractivity contribution in [3.8, 4) is 67.5 Å². The molecule has 5 heteroatoms. The highest BCUT2D eigenvalue weighted by Gasteiger charge is 2.35. The van der Waals surface area contributed by atoms with E-state index in [4.69, 9.17) is 15.0 Å². The van der Waals surface area contributed by atoms with Crippen LogP contribution < -0.4 is 5.30 Å².